The third kappa shape index (κ3) is 5.07. The Morgan fingerprint density at radius 1 is 0.765 bits per heavy atom. The minimum absolute atomic E-state index is 0.323. The van der Waals surface area contributed by atoms with Crippen molar-refractivity contribution in [1.29, 1.82) is 0 Å². The summed E-state index contributed by atoms with van der Waals surface area (Å²) in [5.74, 6) is 0. The van der Waals surface area contributed by atoms with E-state index in [1.54, 1.807) is 12.1 Å². The number of anilines is 1. The lowest BCUT2D eigenvalue weighted by atomic mass is 10.0. The Balaban J connectivity index is 1.57. The largest absolute Gasteiger partial charge is 0.422 e. The first-order valence-electron chi connectivity index (χ1n) is 11.3. The molecule has 4 nitrogen and oxygen atoms in total. The van der Waals surface area contributed by atoms with Gasteiger partial charge in [0.2, 0.25) is 0 Å². The van der Waals surface area contributed by atoms with E-state index in [1.807, 2.05) is 97.9 Å². The zero-order valence-electron chi connectivity index (χ0n) is 19.6. The molecule has 3 aromatic carbocycles. The number of hydrogen-bond donors (Lipinski definition) is 0. The molecule has 0 N–H and O–H groups in total. The van der Waals surface area contributed by atoms with Gasteiger partial charge >= 0.3 is 5.63 Å². The Morgan fingerprint density at radius 2 is 1.29 bits per heavy atom. The van der Waals surface area contributed by atoms with E-state index in [1.165, 1.54) is 0 Å². The van der Waals surface area contributed by atoms with Crippen LogP contribution in [0.3, 0.4) is 0 Å². The number of benzene rings is 3. The molecule has 4 rings (SSSR count). The van der Waals surface area contributed by atoms with E-state index in [2.05, 4.69) is 6.92 Å². The highest BCUT2D eigenvalue weighted by atomic mass is 16.4. The first kappa shape index (κ1) is 23.0. The van der Waals surface area contributed by atoms with Gasteiger partial charge in [-0.1, -0.05) is 73.7 Å². The summed E-state index contributed by atoms with van der Waals surface area (Å²) in [7, 11) is 3.93. The van der Waals surface area contributed by atoms with Crippen molar-refractivity contribution in [2.24, 2.45) is 0 Å². The molecule has 4 heteroatoms. The third-order valence-electron chi connectivity index (χ3n) is 5.83. The molecule has 0 bridgehead atoms. The van der Waals surface area contributed by atoms with Crippen LogP contribution in [0.2, 0.25) is 0 Å². The SMILES string of the molecule is CCc1c(/C=C/c2ccc(/C=C/c3ccc(C=O)cc3)cc2)c(=O)oc2cc(N(C)C)ccc12. The first-order chi connectivity index (χ1) is 16.5. The second-order valence-corrected chi connectivity index (χ2v) is 8.33. The summed E-state index contributed by atoms with van der Waals surface area (Å²) in [6, 6.07) is 21.5. The van der Waals surface area contributed by atoms with Crippen molar-refractivity contribution in [3.05, 3.63) is 111 Å². The molecule has 1 aromatic heterocycles. The number of aldehydes is 1. The fourth-order valence-electron chi connectivity index (χ4n) is 3.87. The van der Waals surface area contributed by atoms with Crippen LogP contribution in [-0.4, -0.2) is 20.4 Å². The molecule has 170 valence electrons. The topological polar surface area (TPSA) is 50.5 Å². The maximum atomic E-state index is 12.8. The number of rotatable bonds is 7. The Bertz CT molecular complexity index is 1420. The Labute approximate surface area is 199 Å². The van der Waals surface area contributed by atoms with Gasteiger partial charge in [-0.15, -0.1) is 0 Å². The molecule has 0 saturated heterocycles. The van der Waals surface area contributed by atoms with Crippen molar-refractivity contribution < 1.29 is 9.21 Å². The van der Waals surface area contributed by atoms with Crippen molar-refractivity contribution in [2.45, 2.75) is 13.3 Å². The van der Waals surface area contributed by atoms with Crippen LogP contribution in [0.25, 0.3) is 35.3 Å². The van der Waals surface area contributed by atoms with Gasteiger partial charge in [-0.3, -0.25) is 4.79 Å². The molecule has 4 aromatic rings. The van der Waals surface area contributed by atoms with E-state index in [-0.39, 0.29) is 5.63 Å². The fraction of sp³-hybridized carbons (Fsp3) is 0.133. The monoisotopic (exact) mass is 449 g/mol. The molecule has 0 fully saturated rings. The third-order valence-corrected chi connectivity index (χ3v) is 5.83. The number of hydrogen-bond acceptors (Lipinski definition) is 4. The van der Waals surface area contributed by atoms with Crippen LogP contribution in [0, 0.1) is 0 Å². The molecule has 34 heavy (non-hydrogen) atoms. The van der Waals surface area contributed by atoms with Crippen LogP contribution in [0.5, 0.6) is 0 Å². The zero-order valence-corrected chi connectivity index (χ0v) is 19.6. The molecule has 0 atom stereocenters. The Hall–Kier alpha value is -4.18. The van der Waals surface area contributed by atoms with Crippen molar-refractivity contribution in [3.63, 3.8) is 0 Å². The normalized spacial score (nSPS) is 11.5. The van der Waals surface area contributed by atoms with Gasteiger partial charge in [-0.2, -0.15) is 0 Å². The van der Waals surface area contributed by atoms with E-state index >= 15 is 0 Å². The van der Waals surface area contributed by atoms with Gasteiger partial charge in [0.1, 0.15) is 11.9 Å². The quantitative estimate of drug-likeness (QED) is 0.182. The van der Waals surface area contributed by atoms with Crippen LogP contribution >= 0.6 is 0 Å². The highest BCUT2D eigenvalue weighted by Gasteiger charge is 2.12. The Morgan fingerprint density at radius 3 is 1.79 bits per heavy atom. The lowest BCUT2D eigenvalue weighted by molar-refractivity contribution is 0.112. The minimum Gasteiger partial charge on any atom is -0.422 e. The highest BCUT2D eigenvalue weighted by molar-refractivity contribution is 5.87. The highest BCUT2D eigenvalue weighted by Crippen LogP contribution is 2.26. The van der Waals surface area contributed by atoms with Gasteiger partial charge in [-0.05, 0) is 46.9 Å². The summed E-state index contributed by atoms with van der Waals surface area (Å²) in [6.45, 7) is 2.05. The van der Waals surface area contributed by atoms with Gasteiger partial charge in [0, 0.05) is 36.8 Å². The standard InChI is InChI=1S/C30H27NO3/c1-4-26-27-18-16-25(31(2)3)19-29(27)34-30(33)28(26)17-15-23-9-7-21(8-10-23)5-6-22-11-13-24(20-32)14-12-22/h5-20H,4H2,1-3H3/b6-5+,17-15+. The first-order valence-corrected chi connectivity index (χ1v) is 11.3. The van der Waals surface area contributed by atoms with E-state index in [4.69, 9.17) is 4.42 Å². The fourth-order valence-corrected chi connectivity index (χ4v) is 3.87. The summed E-state index contributed by atoms with van der Waals surface area (Å²) in [5.41, 5.74) is 6.63. The molecule has 0 aliphatic carbocycles. The lowest BCUT2D eigenvalue weighted by Crippen LogP contribution is -2.10. The number of fused-ring (bicyclic) bond motifs is 1. The van der Waals surface area contributed by atoms with Gasteiger partial charge < -0.3 is 9.32 Å². The van der Waals surface area contributed by atoms with E-state index in [9.17, 15) is 9.59 Å². The van der Waals surface area contributed by atoms with Gasteiger partial charge in [0.05, 0.1) is 5.56 Å². The second-order valence-electron chi connectivity index (χ2n) is 8.33. The smallest absolute Gasteiger partial charge is 0.343 e. The summed E-state index contributed by atoms with van der Waals surface area (Å²) < 4.78 is 5.66. The molecular weight excluding hydrogens is 422 g/mol. The van der Waals surface area contributed by atoms with Gasteiger partial charge in [0.25, 0.3) is 0 Å². The Kier molecular flexibility index (Phi) is 6.88. The summed E-state index contributed by atoms with van der Waals surface area (Å²) in [5, 5.41) is 0.967. The molecule has 1 heterocycles. The van der Waals surface area contributed by atoms with Gasteiger partial charge in [0.15, 0.2) is 0 Å². The van der Waals surface area contributed by atoms with Crippen LogP contribution in [-0.2, 0) is 6.42 Å². The summed E-state index contributed by atoms with van der Waals surface area (Å²) in [6.07, 6.45) is 9.40. The van der Waals surface area contributed by atoms with Crippen molar-refractivity contribution in [1.82, 2.24) is 0 Å². The van der Waals surface area contributed by atoms with E-state index in [0.717, 1.165) is 46.0 Å². The molecule has 0 aliphatic heterocycles. The zero-order chi connectivity index (χ0) is 24.1. The molecule has 0 amide bonds. The average molecular weight is 450 g/mol. The molecular formula is C30H27NO3. The number of carbonyl (C=O) groups excluding carboxylic acids is 1. The number of aryl methyl sites for hydroxylation is 1. The van der Waals surface area contributed by atoms with Crippen LogP contribution in [0.4, 0.5) is 5.69 Å². The molecule has 0 saturated carbocycles. The predicted molar refractivity (Wildman–Crippen MR) is 142 cm³/mol. The minimum atomic E-state index is -0.323. The average Bonchev–Trinajstić information content (AvgIpc) is 2.86. The van der Waals surface area contributed by atoms with Crippen LogP contribution < -0.4 is 10.5 Å². The summed E-state index contributed by atoms with van der Waals surface area (Å²) in [4.78, 5) is 25.5. The molecule has 0 spiro atoms. The maximum absolute atomic E-state index is 12.8. The molecule has 0 unspecified atom stereocenters. The van der Waals surface area contributed by atoms with Gasteiger partial charge in [-0.25, -0.2) is 4.79 Å². The molecule has 0 aliphatic rings. The van der Waals surface area contributed by atoms with E-state index < -0.39 is 0 Å². The lowest BCUT2D eigenvalue weighted by Gasteiger charge is -2.14. The maximum Gasteiger partial charge on any atom is 0.343 e. The predicted octanol–water partition coefficient (Wildman–Crippen LogP) is 6.57. The van der Waals surface area contributed by atoms with Crippen LogP contribution in [0.1, 0.15) is 45.1 Å². The second kappa shape index (κ2) is 10.2. The number of carbonyl (C=O) groups is 1. The molecule has 0 radical (unpaired) electrons. The number of nitrogens with zero attached hydrogens (tertiary/aromatic N) is 1. The summed E-state index contributed by atoms with van der Waals surface area (Å²) >= 11 is 0. The van der Waals surface area contributed by atoms with Crippen molar-refractivity contribution in [2.75, 3.05) is 19.0 Å². The van der Waals surface area contributed by atoms with Crippen molar-refractivity contribution in [3.8, 4) is 0 Å². The van der Waals surface area contributed by atoms with E-state index in [0.29, 0.717) is 16.7 Å². The van der Waals surface area contributed by atoms with Crippen LogP contribution in [0.15, 0.2) is 75.9 Å². The van der Waals surface area contributed by atoms with Crippen molar-refractivity contribution >= 4 is 47.2 Å².